The molecular weight excluding hydrogens is 362 g/mol. The monoisotopic (exact) mass is 389 g/mol. The van der Waals surface area contributed by atoms with Crippen LogP contribution in [0.2, 0.25) is 0 Å². The SMILES string of the molecule is CCn1cc(C(=O)N2CCN(c3cccc(C)c3C)CC2)c(=O)c2ccccc21. The van der Waals surface area contributed by atoms with Crippen molar-refractivity contribution in [2.45, 2.75) is 27.3 Å². The summed E-state index contributed by atoms with van der Waals surface area (Å²) in [6.45, 7) is 9.77. The summed E-state index contributed by atoms with van der Waals surface area (Å²) in [5, 5.41) is 0.606. The van der Waals surface area contributed by atoms with E-state index in [1.54, 1.807) is 12.3 Å². The third-order valence-corrected chi connectivity index (χ3v) is 6.04. The van der Waals surface area contributed by atoms with Crippen LogP contribution in [-0.2, 0) is 6.54 Å². The van der Waals surface area contributed by atoms with E-state index in [0.717, 1.165) is 18.6 Å². The van der Waals surface area contributed by atoms with Gasteiger partial charge in [-0.3, -0.25) is 9.59 Å². The number of piperazine rings is 1. The quantitative estimate of drug-likeness (QED) is 0.688. The number of anilines is 1. The third-order valence-electron chi connectivity index (χ3n) is 6.04. The predicted molar refractivity (Wildman–Crippen MR) is 118 cm³/mol. The lowest BCUT2D eigenvalue weighted by Gasteiger charge is -2.37. The molecule has 0 bridgehead atoms. The molecule has 0 N–H and O–H groups in total. The Hall–Kier alpha value is -3.08. The molecule has 2 heterocycles. The fourth-order valence-corrected chi connectivity index (χ4v) is 4.16. The summed E-state index contributed by atoms with van der Waals surface area (Å²) in [6.07, 6.45) is 1.73. The molecule has 0 unspecified atom stereocenters. The molecule has 4 rings (SSSR count). The predicted octanol–water partition coefficient (Wildman–Crippen LogP) is 3.60. The zero-order valence-electron chi connectivity index (χ0n) is 17.3. The van der Waals surface area contributed by atoms with Crippen LogP contribution in [-0.4, -0.2) is 41.6 Å². The molecule has 150 valence electrons. The number of aryl methyl sites for hydroxylation is 2. The lowest BCUT2D eigenvalue weighted by Crippen LogP contribution is -2.49. The summed E-state index contributed by atoms with van der Waals surface area (Å²) in [7, 11) is 0. The van der Waals surface area contributed by atoms with Crippen LogP contribution in [0, 0.1) is 13.8 Å². The Morgan fingerprint density at radius 2 is 1.69 bits per heavy atom. The minimum Gasteiger partial charge on any atom is -0.368 e. The van der Waals surface area contributed by atoms with Gasteiger partial charge in [0.2, 0.25) is 5.43 Å². The number of fused-ring (bicyclic) bond motifs is 1. The minimum atomic E-state index is -0.174. The number of amides is 1. The highest BCUT2D eigenvalue weighted by Crippen LogP contribution is 2.24. The van der Waals surface area contributed by atoms with Gasteiger partial charge in [0.15, 0.2) is 0 Å². The fraction of sp³-hybridized carbons (Fsp3) is 0.333. The smallest absolute Gasteiger partial charge is 0.259 e. The molecule has 1 aromatic heterocycles. The molecule has 0 radical (unpaired) electrons. The molecule has 0 spiro atoms. The molecule has 0 aliphatic carbocycles. The van der Waals surface area contributed by atoms with Gasteiger partial charge in [-0.05, 0) is 50.1 Å². The molecule has 1 amide bonds. The zero-order valence-corrected chi connectivity index (χ0v) is 17.3. The molecule has 1 fully saturated rings. The van der Waals surface area contributed by atoms with E-state index in [9.17, 15) is 9.59 Å². The summed E-state index contributed by atoms with van der Waals surface area (Å²) in [5.41, 5.74) is 4.76. The van der Waals surface area contributed by atoms with Crippen LogP contribution >= 0.6 is 0 Å². The van der Waals surface area contributed by atoms with E-state index < -0.39 is 0 Å². The second kappa shape index (κ2) is 7.74. The van der Waals surface area contributed by atoms with Gasteiger partial charge in [-0.1, -0.05) is 24.3 Å². The first-order valence-electron chi connectivity index (χ1n) is 10.2. The maximum Gasteiger partial charge on any atom is 0.259 e. The third kappa shape index (κ3) is 3.41. The largest absolute Gasteiger partial charge is 0.368 e. The van der Waals surface area contributed by atoms with Gasteiger partial charge in [0.25, 0.3) is 5.91 Å². The molecule has 5 heteroatoms. The number of aromatic nitrogens is 1. The van der Waals surface area contributed by atoms with Gasteiger partial charge in [-0.25, -0.2) is 0 Å². The summed E-state index contributed by atoms with van der Waals surface area (Å²) >= 11 is 0. The van der Waals surface area contributed by atoms with Crippen LogP contribution in [0.15, 0.2) is 53.5 Å². The van der Waals surface area contributed by atoms with E-state index in [0.29, 0.717) is 25.0 Å². The number of para-hydroxylation sites is 1. The average molecular weight is 389 g/mol. The minimum absolute atomic E-state index is 0.163. The number of carbonyl (C=O) groups excluding carboxylic acids is 1. The molecule has 29 heavy (non-hydrogen) atoms. The number of nitrogens with zero attached hydrogens (tertiary/aromatic N) is 3. The first kappa shape index (κ1) is 19.2. The van der Waals surface area contributed by atoms with Crippen molar-refractivity contribution in [3.05, 3.63) is 75.6 Å². The Balaban J connectivity index is 1.58. The molecule has 0 saturated carbocycles. The van der Waals surface area contributed by atoms with Crippen molar-refractivity contribution in [3.8, 4) is 0 Å². The van der Waals surface area contributed by atoms with Gasteiger partial charge in [0.1, 0.15) is 5.56 Å². The van der Waals surface area contributed by atoms with E-state index in [-0.39, 0.29) is 16.9 Å². The number of pyridine rings is 1. The van der Waals surface area contributed by atoms with Crippen molar-refractivity contribution < 1.29 is 4.79 Å². The molecule has 0 atom stereocenters. The van der Waals surface area contributed by atoms with Crippen LogP contribution in [0.1, 0.15) is 28.4 Å². The number of carbonyl (C=O) groups is 1. The maximum absolute atomic E-state index is 13.2. The van der Waals surface area contributed by atoms with Gasteiger partial charge in [0, 0.05) is 50.0 Å². The van der Waals surface area contributed by atoms with Crippen molar-refractivity contribution >= 4 is 22.5 Å². The van der Waals surface area contributed by atoms with E-state index in [1.807, 2.05) is 34.6 Å². The van der Waals surface area contributed by atoms with Crippen molar-refractivity contribution in [2.75, 3.05) is 31.1 Å². The van der Waals surface area contributed by atoms with Gasteiger partial charge in [0.05, 0.1) is 5.52 Å². The van der Waals surface area contributed by atoms with Crippen molar-refractivity contribution in [2.24, 2.45) is 0 Å². The second-order valence-corrected chi connectivity index (χ2v) is 7.67. The molecule has 2 aromatic carbocycles. The summed E-state index contributed by atoms with van der Waals surface area (Å²) < 4.78 is 1.98. The number of hydrogen-bond donors (Lipinski definition) is 0. The molecule has 1 aliphatic rings. The van der Waals surface area contributed by atoms with Crippen LogP contribution in [0.5, 0.6) is 0 Å². The Labute approximate surface area is 171 Å². The highest BCUT2D eigenvalue weighted by Gasteiger charge is 2.25. The standard InChI is InChI=1S/C24H27N3O2/c1-4-25-16-20(23(28)19-9-5-6-10-22(19)25)24(29)27-14-12-26(13-15-27)21-11-7-8-17(2)18(21)3/h5-11,16H,4,12-15H2,1-3H3. The topological polar surface area (TPSA) is 45.6 Å². The lowest BCUT2D eigenvalue weighted by molar-refractivity contribution is 0.0745. The van der Waals surface area contributed by atoms with E-state index >= 15 is 0 Å². The first-order valence-corrected chi connectivity index (χ1v) is 10.2. The van der Waals surface area contributed by atoms with E-state index in [2.05, 4.69) is 36.9 Å². The van der Waals surface area contributed by atoms with Crippen LogP contribution in [0.4, 0.5) is 5.69 Å². The molecule has 1 aliphatic heterocycles. The average Bonchev–Trinajstić information content (AvgIpc) is 2.76. The summed E-state index contributed by atoms with van der Waals surface area (Å²) in [5.74, 6) is -0.163. The molecule has 1 saturated heterocycles. The van der Waals surface area contributed by atoms with Crippen LogP contribution < -0.4 is 10.3 Å². The summed E-state index contributed by atoms with van der Waals surface area (Å²) in [4.78, 5) is 30.3. The van der Waals surface area contributed by atoms with E-state index in [1.165, 1.54) is 16.8 Å². The number of hydrogen-bond acceptors (Lipinski definition) is 3. The van der Waals surface area contributed by atoms with Gasteiger partial charge in [-0.15, -0.1) is 0 Å². The number of benzene rings is 2. The Morgan fingerprint density at radius 1 is 0.966 bits per heavy atom. The van der Waals surface area contributed by atoms with Gasteiger partial charge in [-0.2, -0.15) is 0 Å². The Kier molecular flexibility index (Phi) is 5.14. The van der Waals surface area contributed by atoms with Crippen LogP contribution in [0.3, 0.4) is 0 Å². The maximum atomic E-state index is 13.2. The van der Waals surface area contributed by atoms with Crippen molar-refractivity contribution in [3.63, 3.8) is 0 Å². The molecule has 3 aromatic rings. The fourth-order valence-electron chi connectivity index (χ4n) is 4.16. The Morgan fingerprint density at radius 3 is 2.41 bits per heavy atom. The van der Waals surface area contributed by atoms with Crippen molar-refractivity contribution in [1.29, 1.82) is 0 Å². The van der Waals surface area contributed by atoms with Crippen molar-refractivity contribution in [1.82, 2.24) is 9.47 Å². The first-order chi connectivity index (χ1) is 14.0. The Bertz CT molecular complexity index is 1120. The summed E-state index contributed by atoms with van der Waals surface area (Å²) in [6, 6.07) is 13.8. The number of rotatable bonds is 3. The van der Waals surface area contributed by atoms with Gasteiger partial charge < -0.3 is 14.4 Å². The second-order valence-electron chi connectivity index (χ2n) is 7.67. The molecular formula is C24H27N3O2. The van der Waals surface area contributed by atoms with E-state index in [4.69, 9.17) is 0 Å². The van der Waals surface area contributed by atoms with Crippen LogP contribution in [0.25, 0.3) is 10.9 Å². The lowest BCUT2D eigenvalue weighted by atomic mass is 10.1. The highest BCUT2D eigenvalue weighted by molar-refractivity contribution is 5.97. The normalized spacial score (nSPS) is 14.4. The van der Waals surface area contributed by atoms with Gasteiger partial charge >= 0.3 is 0 Å². The zero-order chi connectivity index (χ0) is 20.5. The molecule has 5 nitrogen and oxygen atoms in total. The highest BCUT2D eigenvalue weighted by atomic mass is 16.2.